The van der Waals surface area contributed by atoms with E-state index in [0.29, 0.717) is 41.0 Å². The van der Waals surface area contributed by atoms with Crippen LogP contribution in [0.5, 0.6) is 17.2 Å². The molecular formula is C28H24ClIN2O6. The zero-order chi connectivity index (χ0) is 27.2. The number of halogens is 2. The van der Waals surface area contributed by atoms with Crippen LogP contribution in [0.1, 0.15) is 25.0 Å². The highest BCUT2D eigenvalue weighted by Gasteiger charge is 2.38. The van der Waals surface area contributed by atoms with Gasteiger partial charge in [0.25, 0.3) is 11.8 Å². The van der Waals surface area contributed by atoms with E-state index in [-0.39, 0.29) is 17.9 Å². The lowest BCUT2D eigenvalue weighted by molar-refractivity contribution is -0.122. The largest absolute Gasteiger partial charge is 0.494 e. The number of hydrogen-bond donors (Lipinski definition) is 1. The van der Waals surface area contributed by atoms with Crippen LogP contribution in [-0.4, -0.2) is 31.1 Å². The molecule has 1 heterocycles. The number of anilines is 1. The number of barbiturate groups is 1. The lowest BCUT2D eigenvalue weighted by Gasteiger charge is -2.28. The van der Waals surface area contributed by atoms with Crippen LogP contribution < -0.4 is 24.4 Å². The Labute approximate surface area is 238 Å². The number of carbonyl (C=O) groups excluding carboxylic acids is 3. The molecule has 10 heteroatoms. The molecule has 1 N–H and O–H groups in total. The van der Waals surface area contributed by atoms with Gasteiger partial charge in [-0.2, -0.15) is 0 Å². The zero-order valence-corrected chi connectivity index (χ0v) is 23.5. The Bertz CT molecular complexity index is 1420. The summed E-state index contributed by atoms with van der Waals surface area (Å²) in [5.74, 6) is -0.178. The average molecular weight is 647 g/mol. The smallest absolute Gasteiger partial charge is 0.336 e. The number of amides is 4. The lowest BCUT2D eigenvalue weighted by atomic mass is 10.1. The van der Waals surface area contributed by atoms with Crippen molar-refractivity contribution in [3.05, 3.63) is 86.0 Å². The standard InChI is InChI=1S/C28H24ClIN2O6/c1-3-36-19-10-12-25(37-4-2)23(15-19)32-27(34)20(26(33)31-28(32)35)13-17-9-11-24(22(30)14-17)38-16-18-7-5-6-8-21(18)29/h5-15H,3-4,16H2,1-2H3,(H,31,33,35)/b20-13+. The van der Waals surface area contributed by atoms with E-state index in [1.165, 1.54) is 12.1 Å². The number of nitrogens with one attached hydrogen (secondary N) is 1. The van der Waals surface area contributed by atoms with E-state index in [2.05, 4.69) is 27.9 Å². The number of urea groups is 1. The van der Waals surface area contributed by atoms with E-state index in [4.69, 9.17) is 25.8 Å². The number of hydrogen-bond acceptors (Lipinski definition) is 6. The Kier molecular flexibility index (Phi) is 8.90. The maximum absolute atomic E-state index is 13.5. The van der Waals surface area contributed by atoms with E-state index in [9.17, 15) is 14.4 Å². The second-order valence-electron chi connectivity index (χ2n) is 8.02. The van der Waals surface area contributed by atoms with Gasteiger partial charge in [0, 0.05) is 16.7 Å². The minimum Gasteiger partial charge on any atom is -0.494 e. The molecule has 1 saturated heterocycles. The van der Waals surface area contributed by atoms with Crippen LogP contribution in [0.25, 0.3) is 6.08 Å². The molecule has 0 aliphatic carbocycles. The molecule has 1 fully saturated rings. The predicted octanol–water partition coefficient (Wildman–Crippen LogP) is 5.99. The number of imide groups is 2. The fourth-order valence-corrected chi connectivity index (χ4v) is 4.63. The van der Waals surface area contributed by atoms with Crippen molar-refractivity contribution in [3.63, 3.8) is 0 Å². The highest BCUT2D eigenvalue weighted by molar-refractivity contribution is 14.1. The third kappa shape index (κ3) is 6.11. The van der Waals surface area contributed by atoms with Gasteiger partial charge in [0.05, 0.1) is 22.5 Å². The molecule has 0 atom stereocenters. The minimum atomic E-state index is -0.871. The van der Waals surface area contributed by atoms with Crippen molar-refractivity contribution in [1.82, 2.24) is 5.32 Å². The first kappa shape index (κ1) is 27.5. The van der Waals surface area contributed by atoms with Crippen LogP contribution in [-0.2, 0) is 16.2 Å². The minimum absolute atomic E-state index is 0.177. The molecule has 1 aliphatic rings. The van der Waals surface area contributed by atoms with E-state index in [0.717, 1.165) is 14.0 Å². The summed E-state index contributed by atoms with van der Waals surface area (Å²) in [4.78, 5) is 39.8. The third-order valence-corrected chi connectivity index (χ3v) is 6.70. The predicted molar refractivity (Wildman–Crippen MR) is 153 cm³/mol. The molecule has 196 valence electrons. The highest BCUT2D eigenvalue weighted by atomic mass is 127. The summed E-state index contributed by atoms with van der Waals surface area (Å²) in [6, 6.07) is 16.6. The first-order valence-corrected chi connectivity index (χ1v) is 13.2. The van der Waals surface area contributed by atoms with Crippen molar-refractivity contribution in [3.8, 4) is 17.2 Å². The fraction of sp³-hybridized carbons (Fsp3) is 0.179. The number of rotatable bonds is 9. The summed E-state index contributed by atoms with van der Waals surface area (Å²) in [5, 5.41) is 2.86. The SMILES string of the molecule is CCOc1ccc(OCC)c(N2C(=O)NC(=O)/C(=C\c3ccc(OCc4ccccc4Cl)c(I)c3)C2=O)c1. The van der Waals surface area contributed by atoms with E-state index in [1.54, 1.807) is 43.3 Å². The van der Waals surface area contributed by atoms with Gasteiger partial charge in [-0.05, 0) is 78.4 Å². The first-order valence-electron chi connectivity index (χ1n) is 11.8. The maximum atomic E-state index is 13.5. The van der Waals surface area contributed by atoms with Gasteiger partial charge in [0.1, 0.15) is 29.4 Å². The van der Waals surface area contributed by atoms with Crippen molar-refractivity contribution in [2.75, 3.05) is 18.1 Å². The molecule has 1 aliphatic heterocycles. The Morgan fingerprint density at radius 1 is 0.921 bits per heavy atom. The van der Waals surface area contributed by atoms with E-state index in [1.807, 2.05) is 25.1 Å². The summed E-state index contributed by atoms with van der Waals surface area (Å²) >= 11 is 8.32. The molecule has 38 heavy (non-hydrogen) atoms. The molecule has 0 saturated carbocycles. The summed E-state index contributed by atoms with van der Waals surface area (Å²) in [6.07, 6.45) is 1.43. The van der Waals surface area contributed by atoms with Crippen molar-refractivity contribution in [2.24, 2.45) is 0 Å². The second-order valence-corrected chi connectivity index (χ2v) is 9.59. The molecule has 0 bridgehead atoms. The van der Waals surface area contributed by atoms with E-state index < -0.39 is 17.8 Å². The zero-order valence-electron chi connectivity index (χ0n) is 20.6. The molecule has 8 nitrogen and oxygen atoms in total. The second kappa shape index (κ2) is 12.3. The molecular weight excluding hydrogens is 623 g/mol. The number of nitrogens with zero attached hydrogens (tertiary/aromatic N) is 1. The van der Waals surface area contributed by atoms with Crippen molar-refractivity contribution in [2.45, 2.75) is 20.5 Å². The number of ether oxygens (including phenoxy) is 3. The Morgan fingerprint density at radius 3 is 2.37 bits per heavy atom. The van der Waals surface area contributed by atoms with Gasteiger partial charge < -0.3 is 14.2 Å². The van der Waals surface area contributed by atoms with E-state index >= 15 is 0 Å². The van der Waals surface area contributed by atoms with Crippen molar-refractivity contribution in [1.29, 1.82) is 0 Å². The van der Waals surface area contributed by atoms with Crippen LogP contribution in [0, 0.1) is 3.57 Å². The molecule has 0 unspecified atom stereocenters. The van der Waals surface area contributed by atoms with Gasteiger partial charge >= 0.3 is 6.03 Å². The first-order chi connectivity index (χ1) is 18.3. The van der Waals surface area contributed by atoms with Crippen molar-refractivity contribution < 1.29 is 28.6 Å². The van der Waals surface area contributed by atoms with Crippen LogP contribution in [0.4, 0.5) is 10.5 Å². The summed E-state index contributed by atoms with van der Waals surface area (Å²) in [7, 11) is 0. The topological polar surface area (TPSA) is 94.2 Å². The maximum Gasteiger partial charge on any atom is 0.336 e. The summed E-state index contributed by atoms with van der Waals surface area (Å²) < 4.78 is 17.8. The number of carbonyl (C=O) groups is 3. The molecule has 0 spiro atoms. The molecule has 4 rings (SSSR count). The van der Waals surface area contributed by atoms with Crippen LogP contribution >= 0.6 is 34.2 Å². The third-order valence-electron chi connectivity index (χ3n) is 5.49. The Hall–Kier alpha value is -3.57. The average Bonchev–Trinajstić information content (AvgIpc) is 2.88. The van der Waals surface area contributed by atoms with Crippen molar-refractivity contribution >= 4 is 63.8 Å². The van der Waals surface area contributed by atoms with Gasteiger partial charge in [0.15, 0.2) is 0 Å². The number of benzene rings is 3. The summed E-state index contributed by atoms with van der Waals surface area (Å²) in [6.45, 7) is 4.61. The molecule has 4 amide bonds. The van der Waals surface area contributed by atoms with Crippen LogP contribution in [0.2, 0.25) is 5.02 Å². The van der Waals surface area contributed by atoms with Gasteiger partial charge in [0.2, 0.25) is 0 Å². The summed E-state index contributed by atoms with van der Waals surface area (Å²) in [5.41, 5.74) is 1.41. The van der Waals surface area contributed by atoms with Gasteiger partial charge in [-0.1, -0.05) is 35.9 Å². The normalized spacial score (nSPS) is 14.5. The van der Waals surface area contributed by atoms with Crippen LogP contribution in [0.3, 0.4) is 0 Å². The Balaban J connectivity index is 1.62. The molecule has 0 aromatic heterocycles. The highest BCUT2D eigenvalue weighted by Crippen LogP contribution is 2.35. The molecule has 3 aromatic carbocycles. The van der Waals surface area contributed by atoms with Gasteiger partial charge in [-0.25, -0.2) is 9.69 Å². The quantitative estimate of drug-likeness (QED) is 0.175. The molecule has 0 radical (unpaired) electrons. The molecule has 3 aromatic rings. The monoisotopic (exact) mass is 646 g/mol. The Morgan fingerprint density at radius 2 is 1.66 bits per heavy atom. The van der Waals surface area contributed by atoms with Gasteiger partial charge in [-0.15, -0.1) is 0 Å². The van der Waals surface area contributed by atoms with Gasteiger partial charge in [-0.3, -0.25) is 14.9 Å². The van der Waals surface area contributed by atoms with Crippen LogP contribution in [0.15, 0.2) is 66.2 Å². The fourth-order valence-electron chi connectivity index (χ4n) is 3.74. The lowest BCUT2D eigenvalue weighted by Crippen LogP contribution is -2.54.